The maximum atomic E-state index is 14.1. The number of halogens is 1. The molecule has 0 unspecified atom stereocenters. The van der Waals surface area contributed by atoms with Crippen LogP contribution in [0.4, 0.5) is 4.39 Å². The van der Waals surface area contributed by atoms with Crippen LogP contribution in [0.3, 0.4) is 0 Å². The van der Waals surface area contributed by atoms with Crippen LogP contribution in [0.15, 0.2) is 46.9 Å². The van der Waals surface area contributed by atoms with E-state index >= 15 is 0 Å². The van der Waals surface area contributed by atoms with Gasteiger partial charge in [-0.15, -0.1) is 0 Å². The fraction of sp³-hybridized carbons (Fsp3) is 0.250. The maximum Gasteiger partial charge on any atom is 0.154 e. The minimum Gasteiger partial charge on any atom is -0.454 e. The van der Waals surface area contributed by atoms with E-state index in [0.717, 1.165) is 63.2 Å². The van der Waals surface area contributed by atoms with Gasteiger partial charge in [0.25, 0.3) is 0 Å². The summed E-state index contributed by atoms with van der Waals surface area (Å²) in [6.45, 7) is 8.27. The van der Waals surface area contributed by atoms with Gasteiger partial charge in [0.1, 0.15) is 11.4 Å². The van der Waals surface area contributed by atoms with E-state index in [4.69, 9.17) is 4.42 Å². The van der Waals surface area contributed by atoms with Crippen LogP contribution in [0, 0.1) is 26.6 Å². The lowest BCUT2D eigenvalue weighted by molar-refractivity contribution is 0.609. The Bertz CT molecular complexity index is 1120. The van der Waals surface area contributed by atoms with Gasteiger partial charge in [0.05, 0.1) is 5.69 Å². The van der Waals surface area contributed by atoms with Gasteiger partial charge in [0.2, 0.25) is 0 Å². The quantitative estimate of drug-likeness (QED) is 0.412. The number of aryl methyl sites for hydroxylation is 4. The fourth-order valence-corrected chi connectivity index (χ4v) is 3.76. The Hall–Kier alpha value is -2.81. The molecule has 0 atom stereocenters. The zero-order valence-corrected chi connectivity index (χ0v) is 16.2. The number of nitrogens with one attached hydrogen (secondary N) is 1. The van der Waals surface area contributed by atoms with Crippen molar-refractivity contribution in [2.75, 3.05) is 0 Å². The van der Waals surface area contributed by atoms with E-state index in [9.17, 15) is 4.39 Å². The summed E-state index contributed by atoms with van der Waals surface area (Å²) in [5.74, 6) is 0.582. The van der Waals surface area contributed by atoms with E-state index in [0.29, 0.717) is 0 Å². The summed E-state index contributed by atoms with van der Waals surface area (Å²) in [7, 11) is 0. The number of aromatic amines is 1. The third-order valence-electron chi connectivity index (χ3n) is 5.20. The van der Waals surface area contributed by atoms with Crippen LogP contribution in [0.5, 0.6) is 0 Å². The molecule has 0 saturated heterocycles. The molecule has 0 amide bonds. The van der Waals surface area contributed by atoms with Crippen molar-refractivity contribution in [3.8, 4) is 22.7 Å². The molecule has 3 heteroatoms. The molecule has 0 bridgehead atoms. The Morgan fingerprint density at radius 1 is 1.00 bits per heavy atom. The second-order valence-electron chi connectivity index (χ2n) is 7.35. The summed E-state index contributed by atoms with van der Waals surface area (Å²) in [5, 5.41) is 0.859. The summed E-state index contributed by atoms with van der Waals surface area (Å²) in [5.41, 5.74) is 8.27. The molecule has 1 N–H and O–H groups in total. The van der Waals surface area contributed by atoms with Gasteiger partial charge in [-0.2, -0.15) is 0 Å². The minimum atomic E-state index is -0.204. The predicted octanol–water partition coefficient (Wildman–Crippen LogP) is 7.11. The highest BCUT2D eigenvalue weighted by Crippen LogP contribution is 2.37. The molecule has 138 valence electrons. The number of benzene rings is 2. The van der Waals surface area contributed by atoms with Crippen molar-refractivity contribution in [3.05, 3.63) is 70.5 Å². The van der Waals surface area contributed by atoms with Crippen molar-refractivity contribution >= 4 is 11.0 Å². The Kier molecular flexibility index (Phi) is 4.39. The standard InChI is InChI=1S/C24H24FNO/c1-5-6-18-12-19(25)13-20-16(4)23(27-24(18)20)21-11-15(3)22(26-21)17-9-7-14(2)8-10-17/h7-13,26H,5-6H2,1-4H3. The normalized spacial score (nSPS) is 11.4. The van der Waals surface area contributed by atoms with E-state index in [-0.39, 0.29) is 5.82 Å². The molecule has 4 aromatic rings. The van der Waals surface area contributed by atoms with Crippen molar-refractivity contribution in [2.24, 2.45) is 0 Å². The average molecular weight is 361 g/mol. The Morgan fingerprint density at radius 3 is 2.44 bits per heavy atom. The van der Waals surface area contributed by atoms with Gasteiger partial charge in [-0.1, -0.05) is 43.2 Å². The second-order valence-corrected chi connectivity index (χ2v) is 7.35. The molecule has 2 aromatic heterocycles. The number of hydrogen-bond acceptors (Lipinski definition) is 1. The third-order valence-corrected chi connectivity index (χ3v) is 5.20. The van der Waals surface area contributed by atoms with Crippen molar-refractivity contribution < 1.29 is 8.81 Å². The van der Waals surface area contributed by atoms with Gasteiger partial charge < -0.3 is 9.40 Å². The number of aromatic nitrogens is 1. The molecule has 0 saturated carbocycles. The van der Waals surface area contributed by atoms with Gasteiger partial charge in [-0.25, -0.2) is 4.39 Å². The average Bonchev–Trinajstić information content (AvgIpc) is 3.17. The third kappa shape index (κ3) is 3.08. The van der Waals surface area contributed by atoms with E-state index in [1.807, 2.05) is 6.92 Å². The first kappa shape index (κ1) is 17.6. The molecule has 2 nitrogen and oxygen atoms in total. The molecule has 0 fully saturated rings. The predicted molar refractivity (Wildman–Crippen MR) is 110 cm³/mol. The smallest absolute Gasteiger partial charge is 0.154 e. The van der Waals surface area contributed by atoms with E-state index in [1.54, 1.807) is 12.1 Å². The van der Waals surface area contributed by atoms with E-state index in [1.165, 1.54) is 5.56 Å². The van der Waals surface area contributed by atoms with Crippen LogP contribution in [0.1, 0.15) is 35.6 Å². The number of hydrogen-bond donors (Lipinski definition) is 1. The lowest BCUT2D eigenvalue weighted by Gasteiger charge is -2.01. The fourth-order valence-electron chi connectivity index (χ4n) is 3.76. The van der Waals surface area contributed by atoms with E-state index < -0.39 is 0 Å². The molecule has 0 aliphatic heterocycles. The zero-order valence-electron chi connectivity index (χ0n) is 16.2. The molecular weight excluding hydrogens is 337 g/mol. The minimum absolute atomic E-state index is 0.204. The van der Waals surface area contributed by atoms with Crippen molar-refractivity contribution in [1.29, 1.82) is 0 Å². The lowest BCUT2D eigenvalue weighted by atomic mass is 10.0. The number of fused-ring (bicyclic) bond motifs is 1. The maximum absolute atomic E-state index is 14.1. The summed E-state index contributed by atoms with van der Waals surface area (Å²) < 4.78 is 20.3. The van der Waals surface area contributed by atoms with Crippen LogP contribution in [-0.2, 0) is 6.42 Å². The molecule has 0 aliphatic rings. The molecule has 27 heavy (non-hydrogen) atoms. The van der Waals surface area contributed by atoms with Crippen LogP contribution in [0.25, 0.3) is 33.7 Å². The first-order valence-corrected chi connectivity index (χ1v) is 9.46. The van der Waals surface area contributed by atoms with Crippen LogP contribution >= 0.6 is 0 Å². The highest BCUT2D eigenvalue weighted by molar-refractivity contribution is 5.90. The van der Waals surface area contributed by atoms with Crippen LogP contribution in [-0.4, -0.2) is 4.98 Å². The second kappa shape index (κ2) is 6.73. The van der Waals surface area contributed by atoms with Gasteiger partial charge in [-0.05, 0) is 62.1 Å². The SMILES string of the molecule is CCCc1cc(F)cc2c(C)c(-c3cc(C)c(-c4ccc(C)cc4)[nH]3)oc12. The van der Waals surface area contributed by atoms with Gasteiger partial charge in [0, 0.05) is 16.6 Å². The highest BCUT2D eigenvalue weighted by atomic mass is 19.1. The van der Waals surface area contributed by atoms with Gasteiger partial charge >= 0.3 is 0 Å². The Balaban J connectivity index is 1.85. The number of rotatable bonds is 4. The zero-order chi connectivity index (χ0) is 19.1. The topological polar surface area (TPSA) is 28.9 Å². The highest BCUT2D eigenvalue weighted by Gasteiger charge is 2.19. The number of H-pyrrole nitrogens is 1. The first-order valence-electron chi connectivity index (χ1n) is 9.46. The number of furan rings is 1. The monoisotopic (exact) mass is 361 g/mol. The van der Waals surface area contributed by atoms with Crippen molar-refractivity contribution in [2.45, 2.75) is 40.5 Å². The Morgan fingerprint density at radius 2 is 1.74 bits per heavy atom. The molecule has 0 spiro atoms. The van der Waals surface area contributed by atoms with Crippen LogP contribution < -0.4 is 0 Å². The largest absolute Gasteiger partial charge is 0.454 e. The Labute approximate surface area is 159 Å². The van der Waals surface area contributed by atoms with Crippen molar-refractivity contribution in [3.63, 3.8) is 0 Å². The first-order chi connectivity index (χ1) is 13.0. The van der Waals surface area contributed by atoms with E-state index in [2.05, 4.69) is 56.1 Å². The summed E-state index contributed by atoms with van der Waals surface area (Å²) in [6.07, 6.45) is 1.76. The molecule has 0 aliphatic carbocycles. The lowest BCUT2D eigenvalue weighted by Crippen LogP contribution is -1.86. The summed E-state index contributed by atoms with van der Waals surface area (Å²) >= 11 is 0. The van der Waals surface area contributed by atoms with Gasteiger partial charge in [-0.3, -0.25) is 0 Å². The summed E-state index contributed by atoms with van der Waals surface area (Å²) in [6, 6.07) is 13.7. The molecular formula is C24H24FNO. The molecule has 2 heterocycles. The molecule has 4 rings (SSSR count). The molecule has 0 radical (unpaired) electrons. The van der Waals surface area contributed by atoms with Crippen LogP contribution in [0.2, 0.25) is 0 Å². The summed E-state index contributed by atoms with van der Waals surface area (Å²) in [4.78, 5) is 3.51. The molecule has 2 aromatic carbocycles. The van der Waals surface area contributed by atoms with Gasteiger partial charge in [0.15, 0.2) is 5.76 Å². The van der Waals surface area contributed by atoms with Crippen molar-refractivity contribution in [1.82, 2.24) is 4.98 Å².